The van der Waals surface area contributed by atoms with E-state index in [1.165, 1.54) is 12.1 Å². The second kappa shape index (κ2) is 5.35. The lowest BCUT2D eigenvalue weighted by Crippen LogP contribution is -2.53. The molecule has 0 spiro atoms. The van der Waals surface area contributed by atoms with Gasteiger partial charge in [-0.15, -0.1) is 0 Å². The number of carbonyl (C=O) groups excluding carboxylic acids is 1. The maximum Gasteiger partial charge on any atom is 0.317 e. The second-order valence-corrected chi connectivity index (χ2v) is 4.69. The standard InChI is InChI=1S/C13H17FN2O2/c1-9(17)6-15-13(18)16-7-11(8-16)10-2-4-12(14)5-3-10/h2-5,9,11,17H,6-8H2,1H3,(H,15,18). The minimum absolute atomic E-state index is 0.158. The topological polar surface area (TPSA) is 52.6 Å². The normalized spacial score (nSPS) is 17.2. The third kappa shape index (κ3) is 2.98. The molecule has 1 atom stereocenters. The summed E-state index contributed by atoms with van der Waals surface area (Å²) in [4.78, 5) is 13.3. The fourth-order valence-electron chi connectivity index (χ4n) is 1.94. The molecule has 1 aliphatic heterocycles. The number of urea groups is 1. The van der Waals surface area contributed by atoms with Gasteiger partial charge < -0.3 is 15.3 Å². The van der Waals surface area contributed by atoms with Crippen molar-refractivity contribution in [2.75, 3.05) is 19.6 Å². The van der Waals surface area contributed by atoms with Crippen LogP contribution in [0.5, 0.6) is 0 Å². The van der Waals surface area contributed by atoms with Crippen molar-refractivity contribution in [1.29, 1.82) is 0 Å². The predicted octanol–water partition coefficient (Wildman–Crippen LogP) is 1.32. The van der Waals surface area contributed by atoms with Gasteiger partial charge in [0, 0.05) is 25.6 Å². The molecule has 1 aromatic carbocycles. The first-order valence-corrected chi connectivity index (χ1v) is 6.02. The van der Waals surface area contributed by atoms with E-state index in [0.29, 0.717) is 13.1 Å². The number of nitrogens with one attached hydrogen (secondary N) is 1. The Bertz CT molecular complexity index is 414. The molecule has 2 N–H and O–H groups in total. The highest BCUT2D eigenvalue weighted by atomic mass is 19.1. The van der Waals surface area contributed by atoms with E-state index in [4.69, 9.17) is 5.11 Å². The number of aliphatic hydroxyl groups is 1. The molecule has 0 bridgehead atoms. The van der Waals surface area contributed by atoms with E-state index in [-0.39, 0.29) is 24.3 Å². The lowest BCUT2D eigenvalue weighted by atomic mass is 9.92. The van der Waals surface area contributed by atoms with Gasteiger partial charge in [-0.3, -0.25) is 0 Å². The minimum Gasteiger partial charge on any atom is -0.392 e. The quantitative estimate of drug-likeness (QED) is 0.852. The average molecular weight is 252 g/mol. The molecule has 1 aromatic rings. The molecule has 0 radical (unpaired) electrons. The van der Waals surface area contributed by atoms with E-state index in [1.807, 2.05) is 0 Å². The first kappa shape index (κ1) is 12.8. The molecular weight excluding hydrogens is 235 g/mol. The van der Waals surface area contributed by atoms with Crippen molar-refractivity contribution < 1.29 is 14.3 Å². The summed E-state index contributed by atoms with van der Waals surface area (Å²) in [6.45, 7) is 3.16. The van der Waals surface area contributed by atoms with E-state index >= 15 is 0 Å². The van der Waals surface area contributed by atoms with Crippen LogP contribution >= 0.6 is 0 Å². The van der Waals surface area contributed by atoms with Crippen LogP contribution in [0.3, 0.4) is 0 Å². The SMILES string of the molecule is CC(O)CNC(=O)N1CC(c2ccc(F)cc2)C1. The van der Waals surface area contributed by atoms with E-state index in [9.17, 15) is 9.18 Å². The Balaban J connectivity index is 1.79. The van der Waals surface area contributed by atoms with Crippen LogP contribution < -0.4 is 5.32 Å². The van der Waals surface area contributed by atoms with Gasteiger partial charge in [0.15, 0.2) is 0 Å². The van der Waals surface area contributed by atoms with Gasteiger partial charge in [0.25, 0.3) is 0 Å². The Morgan fingerprint density at radius 2 is 2.11 bits per heavy atom. The fourth-order valence-corrected chi connectivity index (χ4v) is 1.94. The van der Waals surface area contributed by atoms with Crippen LogP contribution in [0.2, 0.25) is 0 Å². The Kier molecular flexibility index (Phi) is 3.81. The predicted molar refractivity (Wildman–Crippen MR) is 65.8 cm³/mol. The monoisotopic (exact) mass is 252 g/mol. The van der Waals surface area contributed by atoms with E-state index < -0.39 is 6.10 Å². The minimum atomic E-state index is -0.539. The Morgan fingerprint density at radius 3 is 2.67 bits per heavy atom. The van der Waals surface area contributed by atoms with Crippen LogP contribution in [0.15, 0.2) is 24.3 Å². The number of hydrogen-bond donors (Lipinski definition) is 2. The van der Waals surface area contributed by atoms with Crippen LogP contribution in [0, 0.1) is 5.82 Å². The summed E-state index contributed by atoms with van der Waals surface area (Å²) < 4.78 is 12.8. The molecule has 2 rings (SSSR count). The molecule has 98 valence electrons. The second-order valence-electron chi connectivity index (χ2n) is 4.69. The summed E-state index contributed by atoms with van der Waals surface area (Å²) in [5.41, 5.74) is 1.05. The summed E-state index contributed by atoms with van der Waals surface area (Å²) in [6, 6.07) is 6.22. The molecule has 2 amide bonds. The zero-order valence-corrected chi connectivity index (χ0v) is 10.3. The first-order valence-electron chi connectivity index (χ1n) is 6.02. The first-order chi connectivity index (χ1) is 8.56. The van der Waals surface area contributed by atoms with Crippen molar-refractivity contribution in [3.05, 3.63) is 35.6 Å². The van der Waals surface area contributed by atoms with Gasteiger partial charge in [-0.2, -0.15) is 0 Å². The third-order valence-electron chi connectivity index (χ3n) is 3.06. The van der Waals surface area contributed by atoms with Crippen LogP contribution in [-0.2, 0) is 0 Å². The molecule has 5 heteroatoms. The number of halogens is 1. The maximum atomic E-state index is 12.8. The zero-order chi connectivity index (χ0) is 13.1. The van der Waals surface area contributed by atoms with Gasteiger partial charge in [0.2, 0.25) is 0 Å². The molecule has 1 saturated heterocycles. The van der Waals surface area contributed by atoms with E-state index in [0.717, 1.165) is 5.56 Å². The van der Waals surface area contributed by atoms with Crippen molar-refractivity contribution in [2.24, 2.45) is 0 Å². The molecule has 1 heterocycles. The number of amides is 2. The number of aliphatic hydroxyl groups excluding tert-OH is 1. The number of carbonyl (C=O) groups is 1. The average Bonchev–Trinajstić information content (AvgIpc) is 2.27. The highest BCUT2D eigenvalue weighted by molar-refractivity contribution is 5.75. The van der Waals surface area contributed by atoms with Gasteiger partial charge in [-0.05, 0) is 24.6 Å². The van der Waals surface area contributed by atoms with Crippen molar-refractivity contribution in [2.45, 2.75) is 18.9 Å². The summed E-state index contributed by atoms with van der Waals surface area (Å²) in [5.74, 6) is 0.0347. The Labute approximate surface area is 105 Å². The summed E-state index contributed by atoms with van der Waals surface area (Å²) in [5, 5.41) is 11.7. The summed E-state index contributed by atoms with van der Waals surface area (Å²) >= 11 is 0. The largest absolute Gasteiger partial charge is 0.392 e. The van der Waals surface area contributed by atoms with Crippen molar-refractivity contribution in [3.8, 4) is 0 Å². The molecule has 0 aromatic heterocycles. The number of likely N-dealkylation sites (tertiary alicyclic amines) is 1. The van der Waals surface area contributed by atoms with Gasteiger partial charge >= 0.3 is 6.03 Å². The van der Waals surface area contributed by atoms with Gasteiger partial charge in [-0.1, -0.05) is 12.1 Å². The van der Waals surface area contributed by atoms with Crippen LogP contribution in [0.4, 0.5) is 9.18 Å². The zero-order valence-electron chi connectivity index (χ0n) is 10.3. The molecule has 1 aliphatic rings. The van der Waals surface area contributed by atoms with Gasteiger partial charge in [0.1, 0.15) is 5.82 Å². The number of benzene rings is 1. The highest BCUT2D eigenvalue weighted by Gasteiger charge is 2.31. The Morgan fingerprint density at radius 1 is 1.50 bits per heavy atom. The smallest absolute Gasteiger partial charge is 0.317 e. The van der Waals surface area contributed by atoms with Gasteiger partial charge in [0.05, 0.1) is 6.10 Å². The van der Waals surface area contributed by atoms with E-state index in [1.54, 1.807) is 24.0 Å². The number of nitrogens with zero attached hydrogens (tertiary/aromatic N) is 1. The van der Waals surface area contributed by atoms with Crippen molar-refractivity contribution >= 4 is 6.03 Å². The van der Waals surface area contributed by atoms with Crippen LogP contribution in [-0.4, -0.2) is 41.8 Å². The number of rotatable bonds is 3. The lowest BCUT2D eigenvalue weighted by Gasteiger charge is -2.39. The van der Waals surface area contributed by atoms with Crippen molar-refractivity contribution in [1.82, 2.24) is 10.2 Å². The molecule has 1 fully saturated rings. The maximum absolute atomic E-state index is 12.8. The van der Waals surface area contributed by atoms with Crippen molar-refractivity contribution in [3.63, 3.8) is 0 Å². The van der Waals surface area contributed by atoms with Gasteiger partial charge in [-0.25, -0.2) is 9.18 Å². The van der Waals surface area contributed by atoms with E-state index in [2.05, 4.69) is 5.32 Å². The molecule has 0 aliphatic carbocycles. The summed E-state index contributed by atoms with van der Waals surface area (Å²) in [6.07, 6.45) is -0.539. The molecule has 0 saturated carbocycles. The third-order valence-corrected chi connectivity index (χ3v) is 3.06. The fraction of sp³-hybridized carbons (Fsp3) is 0.462. The number of hydrogen-bond acceptors (Lipinski definition) is 2. The highest BCUT2D eigenvalue weighted by Crippen LogP contribution is 2.26. The molecule has 4 nitrogen and oxygen atoms in total. The molecule has 1 unspecified atom stereocenters. The Hall–Kier alpha value is -1.62. The molecular formula is C13H17FN2O2. The summed E-state index contributed by atoms with van der Waals surface area (Å²) in [7, 11) is 0. The van der Waals surface area contributed by atoms with Crippen LogP contribution in [0.1, 0.15) is 18.4 Å². The van der Waals surface area contributed by atoms with Crippen LogP contribution in [0.25, 0.3) is 0 Å². The lowest BCUT2D eigenvalue weighted by molar-refractivity contribution is 0.141. The molecule has 18 heavy (non-hydrogen) atoms.